The molecule has 0 fully saturated rings. The SMILES string of the molecule is Fc1ccc(-n2nccc2C(F)(F)F)nc1. The molecule has 0 aromatic carbocycles. The number of rotatable bonds is 1. The lowest BCUT2D eigenvalue weighted by molar-refractivity contribution is -0.142. The van der Waals surface area contributed by atoms with Gasteiger partial charge in [0.05, 0.1) is 12.4 Å². The van der Waals surface area contributed by atoms with E-state index in [0.717, 1.165) is 30.6 Å². The summed E-state index contributed by atoms with van der Waals surface area (Å²) in [5.74, 6) is -0.705. The first-order chi connectivity index (χ1) is 7.48. The van der Waals surface area contributed by atoms with E-state index in [1.807, 2.05) is 0 Å². The molecule has 0 aliphatic carbocycles. The van der Waals surface area contributed by atoms with E-state index >= 15 is 0 Å². The third-order valence-electron chi connectivity index (χ3n) is 1.86. The van der Waals surface area contributed by atoms with Crippen LogP contribution in [0.5, 0.6) is 0 Å². The molecular weight excluding hydrogens is 226 g/mol. The van der Waals surface area contributed by atoms with Gasteiger partial charge in [-0.05, 0) is 18.2 Å². The Kier molecular flexibility index (Phi) is 2.37. The second-order valence-corrected chi connectivity index (χ2v) is 2.96. The molecule has 84 valence electrons. The summed E-state index contributed by atoms with van der Waals surface area (Å²) in [6, 6.07) is 2.97. The van der Waals surface area contributed by atoms with Gasteiger partial charge in [0.15, 0.2) is 5.82 Å². The standard InChI is InChI=1S/C9H5F4N3/c10-6-1-2-8(14-5-6)16-7(3-4-15-16)9(11,12)13/h1-5H. The summed E-state index contributed by atoms with van der Waals surface area (Å²) in [5, 5.41) is 3.49. The lowest BCUT2D eigenvalue weighted by Crippen LogP contribution is -2.14. The van der Waals surface area contributed by atoms with Gasteiger partial charge in [0, 0.05) is 0 Å². The Labute approximate surface area is 87.3 Å². The van der Waals surface area contributed by atoms with Crippen molar-refractivity contribution in [3.63, 3.8) is 0 Å². The highest BCUT2D eigenvalue weighted by Crippen LogP contribution is 2.29. The first-order valence-corrected chi connectivity index (χ1v) is 4.21. The molecule has 0 saturated carbocycles. The fourth-order valence-electron chi connectivity index (χ4n) is 1.19. The fourth-order valence-corrected chi connectivity index (χ4v) is 1.19. The van der Waals surface area contributed by atoms with Crippen LogP contribution in [0.2, 0.25) is 0 Å². The van der Waals surface area contributed by atoms with Gasteiger partial charge in [-0.1, -0.05) is 0 Å². The van der Waals surface area contributed by atoms with Crippen LogP contribution < -0.4 is 0 Å². The Hall–Kier alpha value is -1.92. The minimum atomic E-state index is -4.52. The van der Waals surface area contributed by atoms with Crippen molar-refractivity contribution in [2.45, 2.75) is 6.18 Å². The average Bonchev–Trinajstić information content (AvgIpc) is 2.66. The smallest absolute Gasteiger partial charge is 0.234 e. The lowest BCUT2D eigenvalue weighted by atomic mass is 10.4. The summed E-state index contributed by atoms with van der Waals surface area (Å²) in [5.41, 5.74) is -0.952. The topological polar surface area (TPSA) is 30.7 Å². The third kappa shape index (κ3) is 1.88. The molecule has 0 amide bonds. The number of pyridine rings is 1. The summed E-state index contributed by atoms with van der Waals surface area (Å²) in [6.07, 6.45) is -2.68. The number of hydrogen-bond donors (Lipinski definition) is 0. The molecular formula is C9H5F4N3. The van der Waals surface area contributed by atoms with Crippen LogP contribution in [0.4, 0.5) is 17.6 Å². The number of aromatic nitrogens is 3. The molecule has 2 rings (SSSR count). The van der Waals surface area contributed by atoms with Gasteiger partial charge in [-0.15, -0.1) is 0 Å². The van der Waals surface area contributed by atoms with Crippen LogP contribution in [0.3, 0.4) is 0 Å². The van der Waals surface area contributed by atoms with Crippen LogP contribution in [-0.4, -0.2) is 14.8 Å². The molecule has 0 atom stereocenters. The second-order valence-electron chi connectivity index (χ2n) is 2.96. The minimum absolute atomic E-state index is 0.0845. The van der Waals surface area contributed by atoms with E-state index in [0.29, 0.717) is 4.68 Å². The van der Waals surface area contributed by atoms with Crippen LogP contribution in [0.15, 0.2) is 30.6 Å². The van der Waals surface area contributed by atoms with Crippen LogP contribution in [0.1, 0.15) is 5.69 Å². The number of nitrogens with zero attached hydrogens (tertiary/aromatic N) is 3. The fraction of sp³-hybridized carbons (Fsp3) is 0.111. The molecule has 0 aliphatic heterocycles. The van der Waals surface area contributed by atoms with E-state index in [-0.39, 0.29) is 5.82 Å². The summed E-state index contributed by atoms with van der Waals surface area (Å²) >= 11 is 0. The third-order valence-corrected chi connectivity index (χ3v) is 1.86. The van der Waals surface area contributed by atoms with E-state index < -0.39 is 17.7 Å². The number of alkyl halides is 3. The Balaban J connectivity index is 2.49. The molecule has 0 aliphatic rings. The Morgan fingerprint density at radius 1 is 1.12 bits per heavy atom. The van der Waals surface area contributed by atoms with Crippen molar-refractivity contribution >= 4 is 0 Å². The summed E-state index contributed by atoms with van der Waals surface area (Å²) in [6.45, 7) is 0. The maximum atomic E-state index is 12.5. The van der Waals surface area contributed by atoms with Gasteiger partial charge >= 0.3 is 6.18 Å². The molecule has 0 radical (unpaired) electrons. The maximum Gasteiger partial charge on any atom is 0.433 e. The molecule has 2 heterocycles. The second kappa shape index (κ2) is 3.58. The van der Waals surface area contributed by atoms with Gasteiger partial charge in [-0.25, -0.2) is 14.1 Å². The molecule has 0 N–H and O–H groups in total. The summed E-state index contributed by atoms with van der Waals surface area (Å²) < 4.78 is 50.6. The van der Waals surface area contributed by atoms with Crippen molar-refractivity contribution in [1.82, 2.24) is 14.8 Å². The van der Waals surface area contributed by atoms with Crippen molar-refractivity contribution in [3.05, 3.63) is 42.1 Å². The van der Waals surface area contributed by atoms with E-state index in [1.54, 1.807) is 0 Å². The molecule has 2 aromatic heterocycles. The van der Waals surface area contributed by atoms with Crippen molar-refractivity contribution in [3.8, 4) is 5.82 Å². The van der Waals surface area contributed by atoms with Crippen molar-refractivity contribution in [1.29, 1.82) is 0 Å². The van der Waals surface area contributed by atoms with Crippen LogP contribution >= 0.6 is 0 Å². The quantitative estimate of drug-likeness (QED) is 0.705. The van der Waals surface area contributed by atoms with Crippen molar-refractivity contribution < 1.29 is 17.6 Å². The number of halogens is 4. The highest BCUT2D eigenvalue weighted by molar-refractivity contribution is 5.25. The molecule has 3 nitrogen and oxygen atoms in total. The molecule has 2 aromatic rings. The first kappa shape index (κ1) is 10.6. The van der Waals surface area contributed by atoms with E-state index in [2.05, 4.69) is 10.1 Å². The minimum Gasteiger partial charge on any atom is -0.234 e. The predicted octanol–water partition coefficient (Wildman–Crippen LogP) is 2.43. The zero-order valence-corrected chi connectivity index (χ0v) is 7.74. The van der Waals surface area contributed by atoms with Gasteiger partial charge in [-0.3, -0.25) is 0 Å². The lowest BCUT2D eigenvalue weighted by Gasteiger charge is -2.08. The molecule has 0 spiro atoms. The number of hydrogen-bond acceptors (Lipinski definition) is 2. The van der Waals surface area contributed by atoms with Gasteiger partial charge in [0.25, 0.3) is 0 Å². The average molecular weight is 231 g/mol. The monoisotopic (exact) mass is 231 g/mol. The normalized spacial score (nSPS) is 11.8. The molecule has 0 saturated heterocycles. The predicted molar refractivity (Wildman–Crippen MR) is 46.3 cm³/mol. The summed E-state index contributed by atoms with van der Waals surface area (Å²) in [7, 11) is 0. The zero-order chi connectivity index (χ0) is 11.8. The highest BCUT2D eigenvalue weighted by atomic mass is 19.4. The van der Waals surface area contributed by atoms with Gasteiger partial charge in [0.1, 0.15) is 11.5 Å². The molecule has 16 heavy (non-hydrogen) atoms. The van der Waals surface area contributed by atoms with E-state index in [1.165, 1.54) is 0 Å². The van der Waals surface area contributed by atoms with Gasteiger partial charge in [-0.2, -0.15) is 18.3 Å². The van der Waals surface area contributed by atoms with Crippen LogP contribution in [0, 0.1) is 5.82 Å². The van der Waals surface area contributed by atoms with Gasteiger partial charge < -0.3 is 0 Å². The van der Waals surface area contributed by atoms with Crippen LogP contribution in [0.25, 0.3) is 5.82 Å². The molecule has 0 bridgehead atoms. The zero-order valence-electron chi connectivity index (χ0n) is 7.74. The Morgan fingerprint density at radius 2 is 1.88 bits per heavy atom. The first-order valence-electron chi connectivity index (χ1n) is 4.21. The van der Waals surface area contributed by atoms with Crippen molar-refractivity contribution in [2.24, 2.45) is 0 Å². The maximum absolute atomic E-state index is 12.5. The molecule has 7 heteroatoms. The Morgan fingerprint density at radius 3 is 2.44 bits per heavy atom. The van der Waals surface area contributed by atoms with Crippen LogP contribution in [-0.2, 0) is 6.18 Å². The molecule has 0 unspecified atom stereocenters. The van der Waals surface area contributed by atoms with E-state index in [4.69, 9.17) is 0 Å². The van der Waals surface area contributed by atoms with Crippen molar-refractivity contribution in [2.75, 3.05) is 0 Å². The van der Waals surface area contributed by atoms with E-state index in [9.17, 15) is 17.6 Å². The highest BCUT2D eigenvalue weighted by Gasteiger charge is 2.35. The van der Waals surface area contributed by atoms with Gasteiger partial charge in [0.2, 0.25) is 0 Å². The largest absolute Gasteiger partial charge is 0.433 e. The Bertz CT molecular complexity index is 486. The summed E-state index contributed by atoms with van der Waals surface area (Å²) in [4.78, 5) is 3.52.